The second-order valence-electron chi connectivity index (χ2n) is 9.34. The summed E-state index contributed by atoms with van der Waals surface area (Å²) in [6.45, 7) is 5.07. The molecule has 38 heavy (non-hydrogen) atoms. The van der Waals surface area contributed by atoms with Crippen molar-refractivity contribution in [2.75, 3.05) is 10.2 Å². The van der Waals surface area contributed by atoms with Crippen molar-refractivity contribution in [1.29, 1.82) is 0 Å². The van der Waals surface area contributed by atoms with E-state index in [-0.39, 0.29) is 17.7 Å². The average Bonchev–Trinajstić information content (AvgIpc) is 3.17. The second-order valence-corrected chi connectivity index (χ2v) is 9.34. The van der Waals surface area contributed by atoms with Gasteiger partial charge in [-0.2, -0.15) is 13.2 Å². The first-order valence-electron chi connectivity index (χ1n) is 11.7. The highest BCUT2D eigenvalue weighted by atomic mass is 19.4. The van der Waals surface area contributed by atoms with Gasteiger partial charge in [0.2, 0.25) is 5.91 Å². The zero-order valence-electron chi connectivity index (χ0n) is 20.4. The van der Waals surface area contributed by atoms with Crippen LogP contribution < -0.4 is 15.8 Å². The van der Waals surface area contributed by atoms with Crippen LogP contribution in [-0.2, 0) is 22.9 Å². The van der Waals surface area contributed by atoms with Gasteiger partial charge >= 0.3 is 12.3 Å². The number of para-hydroxylation sites is 1. The number of anilines is 2. The fourth-order valence-electron chi connectivity index (χ4n) is 4.72. The smallest absolute Gasteiger partial charge is 0.416 e. The molecule has 2 atom stereocenters. The molecule has 11 heteroatoms. The molecule has 0 bridgehead atoms. The lowest BCUT2D eigenvalue weighted by Gasteiger charge is -2.23. The Bertz CT molecular complexity index is 1440. The summed E-state index contributed by atoms with van der Waals surface area (Å²) in [5.74, 6) is -0.185. The first-order valence-corrected chi connectivity index (χ1v) is 11.7. The molecule has 0 unspecified atom stereocenters. The highest BCUT2D eigenvalue weighted by Crippen LogP contribution is 2.42. The third-order valence-electron chi connectivity index (χ3n) is 6.53. The van der Waals surface area contributed by atoms with Crippen LogP contribution in [0.25, 0.3) is 0 Å². The Balaban J connectivity index is 1.76. The molecule has 1 aliphatic heterocycles. The molecule has 0 aliphatic carbocycles. The number of aromatic nitrogens is 2. The van der Waals surface area contributed by atoms with Crippen molar-refractivity contribution in [2.24, 2.45) is 0 Å². The van der Waals surface area contributed by atoms with Gasteiger partial charge in [-0.05, 0) is 42.7 Å². The van der Waals surface area contributed by atoms with E-state index in [1.807, 2.05) is 6.92 Å². The number of benzene rings is 2. The topological polar surface area (TPSA) is 105 Å². The highest BCUT2D eigenvalue weighted by molar-refractivity contribution is 5.94. The van der Waals surface area contributed by atoms with E-state index in [2.05, 4.69) is 16.9 Å². The number of allylic oxidation sites excluding steroid dienone is 1. The quantitative estimate of drug-likeness (QED) is 0.403. The summed E-state index contributed by atoms with van der Waals surface area (Å²) in [6, 6.07) is 11.8. The van der Waals surface area contributed by atoms with Gasteiger partial charge in [0.15, 0.2) is 0 Å². The molecule has 1 aliphatic rings. The maximum absolute atomic E-state index is 13.7. The zero-order chi connectivity index (χ0) is 27.7. The first-order chi connectivity index (χ1) is 17.9. The van der Waals surface area contributed by atoms with Crippen LogP contribution in [0.4, 0.5) is 29.3 Å². The van der Waals surface area contributed by atoms with Gasteiger partial charge in [-0.1, -0.05) is 43.3 Å². The number of hydrogen-bond acceptors (Lipinski definition) is 4. The number of nitrogens with zero attached hydrogens (tertiary/aromatic N) is 3. The van der Waals surface area contributed by atoms with Crippen LogP contribution >= 0.6 is 0 Å². The van der Waals surface area contributed by atoms with E-state index < -0.39 is 47.3 Å². The molecule has 0 saturated carbocycles. The number of fused-ring (bicyclic) bond motifs is 1. The number of carbonyl (C=O) groups is 2. The zero-order valence-corrected chi connectivity index (χ0v) is 20.4. The Morgan fingerprint density at radius 3 is 2.58 bits per heavy atom. The maximum atomic E-state index is 13.7. The Morgan fingerprint density at radius 1 is 1.24 bits per heavy atom. The summed E-state index contributed by atoms with van der Waals surface area (Å²) in [5, 5.41) is 12.7. The van der Waals surface area contributed by atoms with Crippen molar-refractivity contribution in [2.45, 2.75) is 43.9 Å². The monoisotopic (exact) mass is 526 g/mol. The fourth-order valence-corrected chi connectivity index (χ4v) is 4.72. The summed E-state index contributed by atoms with van der Waals surface area (Å²) >= 11 is 0. The van der Waals surface area contributed by atoms with Crippen molar-refractivity contribution in [3.63, 3.8) is 0 Å². The predicted molar refractivity (Wildman–Crippen MR) is 135 cm³/mol. The van der Waals surface area contributed by atoms with Crippen LogP contribution in [0.5, 0.6) is 0 Å². The fraction of sp³-hybridized carbons (Fsp3) is 0.259. The third kappa shape index (κ3) is 5.17. The summed E-state index contributed by atoms with van der Waals surface area (Å²) in [5.41, 5.74) is -2.29. The standard InChI is InChI=1S/C27H25F3N4O4/c1-3-12-26(2)14-20(22(35)32-19-10-5-4-6-11-19)34-23(36)21(15-31-24(26)34)33(25(37)38)16-17-8-7-9-18(13-17)27(28,29)30/h3-11,13,15,20H,1,12,14,16H2,2H3,(H,32,35)(H,37,38)/t20-,26+/m0/s1. The molecular formula is C27H25F3N4O4. The molecule has 3 aromatic rings. The molecule has 2 heterocycles. The van der Waals surface area contributed by atoms with Crippen molar-refractivity contribution in [3.05, 3.63) is 101 Å². The molecule has 2 aromatic carbocycles. The van der Waals surface area contributed by atoms with Gasteiger partial charge in [0.1, 0.15) is 17.6 Å². The SMILES string of the molecule is C=CC[C@]1(C)C[C@@H](C(=O)Nc2ccccc2)n2c1ncc(N(Cc1cccc(C(F)(F)F)c1)C(=O)O)c2=O. The summed E-state index contributed by atoms with van der Waals surface area (Å²) in [7, 11) is 0. The number of halogens is 3. The summed E-state index contributed by atoms with van der Waals surface area (Å²) in [6.07, 6.45) is -2.81. The van der Waals surface area contributed by atoms with Crippen molar-refractivity contribution in [3.8, 4) is 0 Å². The number of alkyl halides is 3. The van der Waals surface area contributed by atoms with Gasteiger partial charge in [-0.25, -0.2) is 9.78 Å². The molecule has 0 spiro atoms. The lowest BCUT2D eigenvalue weighted by molar-refractivity contribution is -0.137. The van der Waals surface area contributed by atoms with Crippen molar-refractivity contribution < 1.29 is 27.9 Å². The molecule has 2 N–H and O–H groups in total. The minimum Gasteiger partial charge on any atom is -0.465 e. The highest BCUT2D eigenvalue weighted by Gasteiger charge is 2.45. The normalized spacial score (nSPS) is 18.5. The van der Waals surface area contributed by atoms with Crippen LogP contribution in [0.2, 0.25) is 0 Å². The largest absolute Gasteiger partial charge is 0.465 e. The van der Waals surface area contributed by atoms with E-state index in [0.29, 0.717) is 22.8 Å². The Labute approximate surface area is 216 Å². The summed E-state index contributed by atoms with van der Waals surface area (Å²) < 4.78 is 40.7. The number of carboxylic acid groups (broad SMARTS) is 1. The van der Waals surface area contributed by atoms with Crippen molar-refractivity contribution >= 4 is 23.4 Å². The summed E-state index contributed by atoms with van der Waals surface area (Å²) in [4.78, 5) is 44.2. The molecule has 8 nitrogen and oxygen atoms in total. The van der Waals surface area contributed by atoms with E-state index >= 15 is 0 Å². The molecule has 198 valence electrons. The molecule has 0 fully saturated rings. The average molecular weight is 527 g/mol. The number of carbonyl (C=O) groups excluding carboxylic acids is 1. The second kappa shape index (κ2) is 10.2. The van der Waals surface area contributed by atoms with Crippen molar-refractivity contribution in [1.82, 2.24) is 9.55 Å². The minimum absolute atomic E-state index is 0.0296. The molecule has 0 saturated heterocycles. The third-order valence-corrected chi connectivity index (χ3v) is 6.53. The van der Waals surface area contributed by atoms with Crippen LogP contribution in [0.1, 0.15) is 42.8 Å². The molecule has 1 aromatic heterocycles. The van der Waals surface area contributed by atoms with E-state index in [9.17, 15) is 32.7 Å². The number of rotatable bonds is 7. The van der Waals surface area contributed by atoms with Gasteiger partial charge in [0, 0.05) is 11.1 Å². The van der Waals surface area contributed by atoms with Gasteiger partial charge in [0.25, 0.3) is 5.56 Å². The van der Waals surface area contributed by atoms with Crippen LogP contribution in [0, 0.1) is 0 Å². The molecule has 4 rings (SSSR count). The molecule has 0 radical (unpaired) electrons. The van der Waals surface area contributed by atoms with Gasteiger partial charge in [-0.15, -0.1) is 6.58 Å². The van der Waals surface area contributed by atoms with E-state index in [0.717, 1.165) is 24.4 Å². The molecular weight excluding hydrogens is 501 g/mol. The number of amides is 2. The van der Waals surface area contributed by atoms with E-state index in [4.69, 9.17) is 0 Å². The Morgan fingerprint density at radius 2 is 1.95 bits per heavy atom. The lowest BCUT2D eigenvalue weighted by atomic mass is 9.83. The Kier molecular flexibility index (Phi) is 7.12. The first kappa shape index (κ1) is 26.6. The van der Waals surface area contributed by atoms with E-state index in [1.165, 1.54) is 10.6 Å². The Hall–Kier alpha value is -4.41. The van der Waals surface area contributed by atoms with Gasteiger partial charge in [0.05, 0.1) is 18.3 Å². The predicted octanol–water partition coefficient (Wildman–Crippen LogP) is 5.36. The van der Waals surface area contributed by atoms with Crippen LogP contribution in [-0.4, -0.2) is 26.7 Å². The van der Waals surface area contributed by atoms with Crippen LogP contribution in [0.3, 0.4) is 0 Å². The number of nitrogens with one attached hydrogen (secondary N) is 1. The maximum Gasteiger partial charge on any atom is 0.416 e. The minimum atomic E-state index is -4.62. The lowest BCUT2D eigenvalue weighted by Crippen LogP contribution is -2.39. The van der Waals surface area contributed by atoms with E-state index in [1.54, 1.807) is 36.4 Å². The van der Waals surface area contributed by atoms with Gasteiger partial charge < -0.3 is 10.4 Å². The van der Waals surface area contributed by atoms with Crippen LogP contribution in [0.15, 0.2) is 78.2 Å². The number of hydrogen-bond donors (Lipinski definition) is 2. The molecule has 2 amide bonds. The van der Waals surface area contributed by atoms with Gasteiger partial charge in [-0.3, -0.25) is 19.1 Å².